The Morgan fingerprint density at radius 1 is 1.14 bits per heavy atom. The number of hydrogen-bond acceptors (Lipinski definition) is 3. The van der Waals surface area contributed by atoms with Crippen molar-refractivity contribution in [1.82, 2.24) is 10.3 Å². The fourth-order valence-electron chi connectivity index (χ4n) is 2.89. The molecule has 3 aromatic rings. The van der Waals surface area contributed by atoms with Crippen molar-refractivity contribution in [2.75, 3.05) is 5.32 Å². The maximum Gasteiger partial charge on any atom is 0.417 e. The molecule has 1 aliphatic rings. The van der Waals surface area contributed by atoms with E-state index in [1.54, 1.807) is 0 Å². The highest BCUT2D eigenvalue weighted by Gasteiger charge is 2.34. The van der Waals surface area contributed by atoms with Crippen molar-refractivity contribution in [1.29, 1.82) is 0 Å². The molecule has 4 rings (SSSR count). The number of aromatic nitrogens is 1. The first-order valence-corrected chi connectivity index (χ1v) is 9.44. The normalized spacial score (nSPS) is 14.1. The van der Waals surface area contributed by atoms with E-state index in [1.807, 2.05) is 30.3 Å². The molecule has 2 aromatic carbocycles. The summed E-state index contributed by atoms with van der Waals surface area (Å²) < 4.78 is 39.6. The van der Waals surface area contributed by atoms with Gasteiger partial charge in [0.05, 0.1) is 22.3 Å². The summed E-state index contributed by atoms with van der Waals surface area (Å²) in [5.41, 5.74) is 0.760. The molecule has 0 bridgehead atoms. The van der Waals surface area contributed by atoms with Gasteiger partial charge < -0.3 is 10.6 Å². The van der Waals surface area contributed by atoms with Crippen molar-refractivity contribution in [3.63, 3.8) is 0 Å². The molecule has 0 unspecified atom stereocenters. The Balaban J connectivity index is 1.87. The average molecular weight is 450 g/mol. The number of nitrogens with zero attached hydrogens (tertiary/aromatic N) is 1. The first-order valence-electron chi connectivity index (χ1n) is 8.65. The van der Waals surface area contributed by atoms with Gasteiger partial charge in [-0.25, -0.2) is 0 Å². The molecule has 4 nitrogen and oxygen atoms in total. The van der Waals surface area contributed by atoms with E-state index < -0.39 is 11.7 Å². The van der Waals surface area contributed by atoms with E-state index in [-0.39, 0.29) is 27.5 Å². The van der Waals surface area contributed by atoms with E-state index in [2.05, 4.69) is 31.5 Å². The molecule has 8 heteroatoms. The first-order chi connectivity index (χ1) is 13.3. The Morgan fingerprint density at radius 2 is 1.86 bits per heavy atom. The van der Waals surface area contributed by atoms with Gasteiger partial charge in [-0.2, -0.15) is 13.2 Å². The zero-order valence-electron chi connectivity index (χ0n) is 14.5. The SMILES string of the molecule is O=C(NC1CC1)c1cnc2cc(C(F)(F)F)c(Br)cc2c1Nc1ccccc1. The lowest BCUT2D eigenvalue weighted by Gasteiger charge is -2.17. The third-order valence-corrected chi connectivity index (χ3v) is 5.12. The molecule has 28 heavy (non-hydrogen) atoms. The maximum absolute atomic E-state index is 13.2. The minimum atomic E-state index is -4.51. The molecular weight excluding hydrogens is 435 g/mol. The summed E-state index contributed by atoms with van der Waals surface area (Å²) in [6.45, 7) is 0. The van der Waals surface area contributed by atoms with Crippen LogP contribution in [0.3, 0.4) is 0 Å². The quantitative estimate of drug-likeness (QED) is 0.540. The highest BCUT2D eigenvalue weighted by Crippen LogP contribution is 2.39. The number of carbonyl (C=O) groups is 1. The molecule has 1 aliphatic carbocycles. The molecule has 0 saturated heterocycles. The number of halogens is 4. The zero-order chi connectivity index (χ0) is 19.9. The van der Waals surface area contributed by atoms with Crippen LogP contribution in [-0.4, -0.2) is 16.9 Å². The number of para-hydroxylation sites is 1. The topological polar surface area (TPSA) is 54.0 Å². The summed E-state index contributed by atoms with van der Waals surface area (Å²) >= 11 is 3.01. The molecular formula is C20H15BrF3N3O. The summed E-state index contributed by atoms with van der Waals surface area (Å²) in [6, 6.07) is 11.6. The smallest absolute Gasteiger partial charge is 0.354 e. The summed E-state index contributed by atoms with van der Waals surface area (Å²) in [7, 11) is 0. The van der Waals surface area contributed by atoms with Crippen LogP contribution in [0, 0.1) is 0 Å². The summed E-state index contributed by atoms with van der Waals surface area (Å²) in [6.07, 6.45) is -1.34. The number of benzene rings is 2. The Bertz CT molecular complexity index is 1050. The Labute approximate surface area is 167 Å². The van der Waals surface area contributed by atoms with Crippen LogP contribution >= 0.6 is 15.9 Å². The van der Waals surface area contributed by atoms with Gasteiger partial charge in [-0.3, -0.25) is 9.78 Å². The van der Waals surface area contributed by atoms with Crippen molar-refractivity contribution in [2.24, 2.45) is 0 Å². The molecule has 0 spiro atoms. The van der Waals surface area contributed by atoms with Crippen LogP contribution in [0.15, 0.2) is 53.1 Å². The van der Waals surface area contributed by atoms with Gasteiger partial charge in [-0.05, 0) is 37.1 Å². The van der Waals surface area contributed by atoms with Gasteiger partial charge in [-0.15, -0.1) is 0 Å². The number of alkyl halides is 3. The predicted octanol–water partition coefficient (Wildman–Crippen LogP) is 5.65. The van der Waals surface area contributed by atoms with Crippen LogP contribution in [0.5, 0.6) is 0 Å². The van der Waals surface area contributed by atoms with Crippen molar-refractivity contribution < 1.29 is 18.0 Å². The maximum atomic E-state index is 13.2. The van der Waals surface area contributed by atoms with Crippen LogP contribution in [0.1, 0.15) is 28.8 Å². The fraction of sp³-hybridized carbons (Fsp3) is 0.200. The second-order valence-corrected chi connectivity index (χ2v) is 7.49. The molecule has 2 N–H and O–H groups in total. The highest BCUT2D eigenvalue weighted by atomic mass is 79.9. The third-order valence-electron chi connectivity index (χ3n) is 4.46. The van der Waals surface area contributed by atoms with Crippen molar-refractivity contribution in [2.45, 2.75) is 25.1 Å². The second-order valence-electron chi connectivity index (χ2n) is 6.63. The standard InChI is InChI=1S/C20H15BrF3N3O/c21-16-8-13-17(9-15(16)20(22,23)24)25-10-14(19(28)27-12-6-7-12)18(13)26-11-4-2-1-3-5-11/h1-5,8-10,12H,6-7H2,(H,25,26)(H,27,28). The molecule has 144 valence electrons. The number of nitrogens with one attached hydrogen (secondary N) is 2. The number of pyridine rings is 1. The summed E-state index contributed by atoms with van der Waals surface area (Å²) in [5, 5.41) is 6.50. The van der Waals surface area contributed by atoms with Gasteiger partial charge in [0.2, 0.25) is 0 Å². The minimum Gasteiger partial charge on any atom is -0.354 e. The van der Waals surface area contributed by atoms with E-state index in [9.17, 15) is 18.0 Å². The lowest BCUT2D eigenvalue weighted by Crippen LogP contribution is -2.26. The largest absolute Gasteiger partial charge is 0.417 e. The Hall–Kier alpha value is -2.61. The minimum absolute atomic E-state index is 0.106. The molecule has 0 radical (unpaired) electrons. The van der Waals surface area contributed by atoms with Gasteiger partial charge in [0, 0.05) is 27.8 Å². The van der Waals surface area contributed by atoms with Crippen LogP contribution < -0.4 is 10.6 Å². The van der Waals surface area contributed by atoms with Crippen LogP contribution in [0.2, 0.25) is 0 Å². The lowest BCUT2D eigenvalue weighted by molar-refractivity contribution is -0.138. The fourth-order valence-corrected chi connectivity index (χ4v) is 3.46. The zero-order valence-corrected chi connectivity index (χ0v) is 16.1. The van der Waals surface area contributed by atoms with E-state index in [1.165, 1.54) is 12.3 Å². The number of anilines is 2. The third kappa shape index (κ3) is 3.82. The number of hydrogen-bond donors (Lipinski definition) is 2. The first kappa shape index (κ1) is 18.7. The Morgan fingerprint density at radius 3 is 2.50 bits per heavy atom. The molecule has 1 aromatic heterocycles. The highest BCUT2D eigenvalue weighted by molar-refractivity contribution is 9.10. The second kappa shape index (κ2) is 7.09. The summed E-state index contributed by atoms with van der Waals surface area (Å²) in [4.78, 5) is 16.8. The monoisotopic (exact) mass is 449 g/mol. The van der Waals surface area contributed by atoms with E-state index in [0.717, 1.165) is 18.9 Å². The number of amides is 1. The van der Waals surface area contributed by atoms with Crippen molar-refractivity contribution in [3.8, 4) is 0 Å². The predicted molar refractivity (Wildman–Crippen MR) is 105 cm³/mol. The average Bonchev–Trinajstić information content (AvgIpc) is 3.45. The van der Waals surface area contributed by atoms with Gasteiger partial charge in [-0.1, -0.05) is 34.1 Å². The number of carbonyl (C=O) groups excluding carboxylic acids is 1. The van der Waals surface area contributed by atoms with Crippen LogP contribution in [0.25, 0.3) is 10.9 Å². The Kier molecular flexibility index (Phi) is 4.74. The van der Waals surface area contributed by atoms with Gasteiger partial charge >= 0.3 is 6.18 Å². The number of rotatable bonds is 4. The molecule has 1 heterocycles. The van der Waals surface area contributed by atoms with Crippen LogP contribution in [0.4, 0.5) is 24.5 Å². The molecule has 0 aliphatic heterocycles. The lowest BCUT2D eigenvalue weighted by atomic mass is 10.1. The van der Waals surface area contributed by atoms with E-state index >= 15 is 0 Å². The van der Waals surface area contributed by atoms with Crippen molar-refractivity contribution >= 4 is 44.1 Å². The van der Waals surface area contributed by atoms with Crippen LogP contribution in [-0.2, 0) is 6.18 Å². The van der Waals surface area contributed by atoms with Gasteiger partial charge in [0.1, 0.15) is 0 Å². The molecule has 1 fully saturated rings. The molecule has 1 saturated carbocycles. The van der Waals surface area contributed by atoms with E-state index in [0.29, 0.717) is 16.8 Å². The van der Waals surface area contributed by atoms with Gasteiger partial charge in [0.25, 0.3) is 5.91 Å². The number of fused-ring (bicyclic) bond motifs is 1. The summed E-state index contributed by atoms with van der Waals surface area (Å²) in [5.74, 6) is -0.300. The molecule has 1 amide bonds. The van der Waals surface area contributed by atoms with E-state index in [4.69, 9.17) is 0 Å². The van der Waals surface area contributed by atoms with Gasteiger partial charge in [0.15, 0.2) is 0 Å². The molecule has 0 atom stereocenters. The van der Waals surface area contributed by atoms with Crippen molar-refractivity contribution in [3.05, 3.63) is 64.3 Å².